The van der Waals surface area contributed by atoms with E-state index in [1.54, 1.807) is 0 Å². The lowest BCUT2D eigenvalue weighted by Crippen LogP contribution is -2.35. The van der Waals surface area contributed by atoms with E-state index in [1.165, 1.54) is 0 Å². The van der Waals surface area contributed by atoms with Crippen molar-refractivity contribution in [1.82, 2.24) is 10.5 Å². The first kappa shape index (κ1) is 15.7. The summed E-state index contributed by atoms with van der Waals surface area (Å²) in [6, 6.07) is 0. The predicted octanol–water partition coefficient (Wildman–Crippen LogP) is 1.47. The average molecular weight is 268 g/mol. The topological polar surface area (TPSA) is 75.4 Å². The summed E-state index contributed by atoms with van der Waals surface area (Å²) < 4.78 is 5.22. The van der Waals surface area contributed by atoms with Crippen LogP contribution < -0.4 is 5.32 Å². The summed E-state index contributed by atoms with van der Waals surface area (Å²) >= 11 is 0. The first-order valence-electron chi connectivity index (χ1n) is 6.90. The Morgan fingerprint density at radius 1 is 1.37 bits per heavy atom. The number of nitrogens with zero attached hydrogens (tertiary/aromatic N) is 1. The van der Waals surface area contributed by atoms with Gasteiger partial charge in [-0.05, 0) is 12.3 Å². The second-order valence-electron chi connectivity index (χ2n) is 5.03. The molecule has 19 heavy (non-hydrogen) atoms. The standard InChI is InChI=1S/C14H24N2O3/c1-5-11-10(13(6-2)19-16-11)7-14(18)15-8-12(17)9(3)4/h9,12,17H,5-8H2,1-4H3,(H,15,18). The fourth-order valence-corrected chi connectivity index (χ4v) is 1.81. The molecular weight excluding hydrogens is 244 g/mol. The summed E-state index contributed by atoms with van der Waals surface area (Å²) in [5.41, 5.74) is 1.73. The molecule has 0 aromatic carbocycles. The molecule has 1 rings (SSSR count). The van der Waals surface area contributed by atoms with Gasteiger partial charge in [0, 0.05) is 18.5 Å². The summed E-state index contributed by atoms with van der Waals surface area (Å²) in [5.74, 6) is 0.803. The number of aromatic nitrogens is 1. The van der Waals surface area contributed by atoms with Crippen LogP contribution in [0.15, 0.2) is 4.52 Å². The molecule has 0 aliphatic rings. The third kappa shape index (κ3) is 4.35. The van der Waals surface area contributed by atoms with Gasteiger partial charge in [-0.25, -0.2) is 0 Å². The van der Waals surface area contributed by atoms with Gasteiger partial charge < -0.3 is 14.9 Å². The Balaban J connectivity index is 2.59. The van der Waals surface area contributed by atoms with Crippen LogP contribution in [-0.4, -0.2) is 28.8 Å². The van der Waals surface area contributed by atoms with Gasteiger partial charge in [-0.3, -0.25) is 4.79 Å². The summed E-state index contributed by atoms with van der Waals surface area (Å²) in [4.78, 5) is 11.9. The van der Waals surface area contributed by atoms with E-state index in [9.17, 15) is 9.90 Å². The molecule has 1 amide bonds. The van der Waals surface area contributed by atoms with Gasteiger partial charge in [0.1, 0.15) is 5.76 Å². The predicted molar refractivity (Wildman–Crippen MR) is 72.8 cm³/mol. The third-order valence-electron chi connectivity index (χ3n) is 3.22. The Kier molecular flexibility index (Phi) is 6.02. The molecule has 0 aliphatic carbocycles. The van der Waals surface area contributed by atoms with Gasteiger partial charge in [0.05, 0.1) is 18.2 Å². The number of carbonyl (C=O) groups excluding carboxylic acids is 1. The quantitative estimate of drug-likeness (QED) is 0.785. The number of aryl methyl sites for hydroxylation is 2. The molecule has 0 bridgehead atoms. The van der Waals surface area contributed by atoms with E-state index >= 15 is 0 Å². The molecular formula is C14H24N2O3. The van der Waals surface area contributed by atoms with Crippen LogP contribution in [0.1, 0.15) is 44.7 Å². The van der Waals surface area contributed by atoms with Crippen molar-refractivity contribution in [3.8, 4) is 0 Å². The minimum atomic E-state index is -0.511. The Morgan fingerprint density at radius 3 is 2.58 bits per heavy atom. The van der Waals surface area contributed by atoms with E-state index < -0.39 is 6.10 Å². The van der Waals surface area contributed by atoms with E-state index in [1.807, 2.05) is 27.7 Å². The lowest BCUT2D eigenvalue weighted by atomic mass is 10.1. The normalized spacial score (nSPS) is 12.7. The molecule has 2 N–H and O–H groups in total. The zero-order valence-electron chi connectivity index (χ0n) is 12.2. The molecule has 0 saturated carbocycles. The Labute approximate surface area is 114 Å². The number of hydrogen-bond donors (Lipinski definition) is 2. The molecule has 5 nitrogen and oxygen atoms in total. The zero-order chi connectivity index (χ0) is 14.4. The number of hydrogen-bond acceptors (Lipinski definition) is 4. The van der Waals surface area contributed by atoms with Crippen molar-refractivity contribution in [3.63, 3.8) is 0 Å². The van der Waals surface area contributed by atoms with Crippen molar-refractivity contribution < 1.29 is 14.4 Å². The van der Waals surface area contributed by atoms with Gasteiger partial charge >= 0.3 is 0 Å². The summed E-state index contributed by atoms with van der Waals surface area (Å²) in [5, 5.41) is 16.4. The average Bonchev–Trinajstić information content (AvgIpc) is 2.77. The van der Waals surface area contributed by atoms with Crippen LogP contribution in [0.25, 0.3) is 0 Å². The second kappa shape index (κ2) is 7.28. The van der Waals surface area contributed by atoms with Crippen LogP contribution >= 0.6 is 0 Å². The molecule has 0 spiro atoms. The van der Waals surface area contributed by atoms with Gasteiger partial charge in [0.2, 0.25) is 5.91 Å². The van der Waals surface area contributed by atoms with Crippen molar-refractivity contribution in [2.45, 2.75) is 53.1 Å². The van der Waals surface area contributed by atoms with E-state index in [4.69, 9.17) is 4.52 Å². The van der Waals surface area contributed by atoms with Crippen molar-refractivity contribution in [2.24, 2.45) is 5.92 Å². The molecule has 108 valence electrons. The summed E-state index contributed by atoms with van der Waals surface area (Å²) in [6.07, 6.45) is 1.23. The van der Waals surface area contributed by atoms with Gasteiger partial charge in [0.25, 0.3) is 0 Å². The number of aliphatic hydroxyl groups excluding tert-OH is 1. The van der Waals surface area contributed by atoms with E-state index in [2.05, 4.69) is 10.5 Å². The Morgan fingerprint density at radius 2 is 2.05 bits per heavy atom. The van der Waals surface area contributed by atoms with Crippen molar-refractivity contribution in [3.05, 3.63) is 17.0 Å². The largest absolute Gasteiger partial charge is 0.391 e. The summed E-state index contributed by atoms with van der Waals surface area (Å²) in [7, 11) is 0. The molecule has 0 radical (unpaired) electrons. The van der Waals surface area contributed by atoms with Crippen LogP contribution in [0.2, 0.25) is 0 Å². The van der Waals surface area contributed by atoms with E-state index in [0.29, 0.717) is 0 Å². The number of nitrogens with one attached hydrogen (secondary N) is 1. The van der Waals surface area contributed by atoms with Crippen molar-refractivity contribution in [2.75, 3.05) is 6.54 Å². The third-order valence-corrected chi connectivity index (χ3v) is 3.22. The van der Waals surface area contributed by atoms with E-state index in [-0.39, 0.29) is 24.8 Å². The molecule has 1 aromatic heterocycles. The maximum Gasteiger partial charge on any atom is 0.224 e. The maximum absolute atomic E-state index is 11.9. The van der Waals surface area contributed by atoms with Crippen molar-refractivity contribution in [1.29, 1.82) is 0 Å². The highest BCUT2D eigenvalue weighted by molar-refractivity contribution is 5.79. The highest BCUT2D eigenvalue weighted by atomic mass is 16.5. The lowest BCUT2D eigenvalue weighted by Gasteiger charge is -2.15. The van der Waals surface area contributed by atoms with Crippen LogP contribution in [0.5, 0.6) is 0 Å². The monoisotopic (exact) mass is 268 g/mol. The fraction of sp³-hybridized carbons (Fsp3) is 0.714. The van der Waals surface area contributed by atoms with Gasteiger partial charge in [-0.2, -0.15) is 0 Å². The Hall–Kier alpha value is -1.36. The molecule has 1 unspecified atom stereocenters. The van der Waals surface area contributed by atoms with Gasteiger partial charge in [-0.15, -0.1) is 0 Å². The molecule has 1 aromatic rings. The molecule has 5 heteroatoms. The molecule has 0 aliphatic heterocycles. The first-order chi connectivity index (χ1) is 8.99. The number of carbonyl (C=O) groups is 1. The number of rotatable bonds is 7. The van der Waals surface area contributed by atoms with Crippen molar-refractivity contribution >= 4 is 5.91 Å². The zero-order valence-corrected chi connectivity index (χ0v) is 12.2. The second-order valence-corrected chi connectivity index (χ2v) is 5.03. The lowest BCUT2D eigenvalue weighted by molar-refractivity contribution is -0.121. The van der Waals surface area contributed by atoms with Gasteiger partial charge in [0.15, 0.2) is 0 Å². The minimum absolute atomic E-state index is 0.104. The first-order valence-corrected chi connectivity index (χ1v) is 6.90. The van der Waals surface area contributed by atoms with Crippen LogP contribution in [0.3, 0.4) is 0 Å². The maximum atomic E-state index is 11.9. The minimum Gasteiger partial charge on any atom is -0.391 e. The highest BCUT2D eigenvalue weighted by Gasteiger charge is 2.17. The molecule has 0 saturated heterocycles. The van der Waals surface area contributed by atoms with Crippen LogP contribution in [0.4, 0.5) is 0 Å². The van der Waals surface area contributed by atoms with Gasteiger partial charge in [-0.1, -0.05) is 32.9 Å². The molecule has 1 atom stereocenters. The molecule has 1 heterocycles. The number of amides is 1. The van der Waals surface area contributed by atoms with E-state index in [0.717, 1.165) is 29.9 Å². The van der Waals surface area contributed by atoms with Crippen LogP contribution in [0, 0.1) is 5.92 Å². The Bertz CT molecular complexity index is 391. The smallest absolute Gasteiger partial charge is 0.224 e. The number of aliphatic hydroxyl groups is 1. The SMILES string of the molecule is CCc1noc(CC)c1CC(=O)NCC(O)C(C)C. The molecule has 0 fully saturated rings. The fourth-order valence-electron chi connectivity index (χ4n) is 1.81. The summed E-state index contributed by atoms with van der Waals surface area (Å²) in [6.45, 7) is 8.08. The highest BCUT2D eigenvalue weighted by Crippen LogP contribution is 2.16. The van der Waals surface area contributed by atoms with Crippen LogP contribution in [-0.2, 0) is 24.1 Å².